The van der Waals surface area contributed by atoms with Gasteiger partial charge in [0.25, 0.3) is 0 Å². The van der Waals surface area contributed by atoms with Crippen molar-refractivity contribution in [3.05, 3.63) is 18.0 Å². The van der Waals surface area contributed by atoms with Gasteiger partial charge in [-0.15, -0.1) is 0 Å². The molecular formula is C9H13NO3. The van der Waals surface area contributed by atoms with E-state index in [2.05, 4.69) is 4.98 Å². The van der Waals surface area contributed by atoms with Gasteiger partial charge in [-0.05, 0) is 6.92 Å². The van der Waals surface area contributed by atoms with Crippen LogP contribution in [-0.2, 0) is 0 Å². The molecular weight excluding hydrogens is 170 g/mol. The summed E-state index contributed by atoms with van der Waals surface area (Å²) >= 11 is 0. The van der Waals surface area contributed by atoms with Crippen LogP contribution in [0.4, 0.5) is 0 Å². The van der Waals surface area contributed by atoms with Crippen LogP contribution in [0.1, 0.15) is 18.6 Å². The van der Waals surface area contributed by atoms with Crippen LogP contribution in [0.15, 0.2) is 12.4 Å². The molecule has 1 atom stereocenters. The summed E-state index contributed by atoms with van der Waals surface area (Å²) in [5, 5.41) is 9.46. The number of aromatic nitrogens is 1. The summed E-state index contributed by atoms with van der Waals surface area (Å²) in [4.78, 5) is 3.91. The van der Waals surface area contributed by atoms with Gasteiger partial charge >= 0.3 is 0 Å². The molecule has 0 aliphatic heterocycles. The van der Waals surface area contributed by atoms with Crippen LogP contribution in [-0.4, -0.2) is 24.3 Å². The Labute approximate surface area is 77.1 Å². The molecule has 72 valence electrons. The van der Waals surface area contributed by atoms with Gasteiger partial charge in [-0.25, -0.2) is 0 Å². The molecule has 0 aliphatic rings. The van der Waals surface area contributed by atoms with E-state index in [1.165, 1.54) is 14.2 Å². The number of nitrogens with zero attached hydrogens (tertiary/aromatic N) is 1. The number of hydrogen-bond donors (Lipinski definition) is 1. The summed E-state index contributed by atoms with van der Waals surface area (Å²) < 4.78 is 10.1. The van der Waals surface area contributed by atoms with Crippen LogP contribution in [0, 0.1) is 0 Å². The number of hydrogen-bond acceptors (Lipinski definition) is 4. The van der Waals surface area contributed by atoms with E-state index >= 15 is 0 Å². The predicted octanol–water partition coefficient (Wildman–Crippen LogP) is 1.15. The Balaban J connectivity index is 3.21. The second-order valence-electron chi connectivity index (χ2n) is 2.63. The quantitative estimate of drug-likeness (QED) is 0.763. The zero-order valence-corrected chi connectivity index (χ0v) is 7.94. The van der Waals surface area contributed by atoms with Gasteiger partial charge in [0, 0.05) is 0 Å². The lowest BCUT2D eigenvalue weighted by Crippen LogP contribution is -2.01. The Kier molecular flexibility index (Phi) is 3.08. The molecule has 0 aliphatic carbocycles. The highest BCUT2D eigenvalue weighted by atomic mass is 16.5. The van der Waals surface area contributed by atoms with E-state index in [4.69, 9.17) is 9.47 Å². The van der Waals surface area contributed by atoms with Crippen LogP contribution in [0.5, 0.6) is 11.5 Å². The predicted molar refractivity (Wildman–Crippen MR) is 48.0 cm³/mol. The van der Waals surface area contributed by atoms with Gasteiger partial charge < -0.3 is 14.6 Å². The minimum atomic E-state index is -0.632. The topological polar surface area (TPSA) is 51.6 Å². The van der Waals surface area contributed by atoms with E-state index in [1.807, 2.05) is 0 Å². The molecule has 0 spiro atoms. The Morgan fingerprint density at radius 1 is 1.23 bits per heavy atom. The van der Waals surface area contributed by atoms with Crippen molar-refractivity contribution in [3.8, 4) is 11.5 Å². The summed E-state index contributed by atoms with van der Waals surface area (Å²) in [6.07, 6.45) is 2.46. The first-order valence-electron chi connectivity index (χ1n) is 3.94. The third kappa shape index (κ3) is 1.89. The molecule has 0 fully saturated rings. The molecule has 4 nitrogen and oxygen atoms in total. The maximum absolute atomic E-state index is 9.46. The highest BCUT2D eigenvalue weighted by molar-refractivity contribution is 5.42. The van der Waals surface area contributed by atoms with Crippen molar-refractivity contribution >= 4 is 0 Å². The SMILES string of the molecule is COc1cncc(OC)c1C(C)O. The number of rotatable bonds is 3. The van der Waals surface area contributed by atoms with Crippen molar-refractivity contribution in [1.82, 2.24) is 4.98 Å². The highest BCUT2D eigenvalue weighted by Crippen LogP contribution is 2.32. The first kappa shape index (κ1) is 9.80. The Bertz CT molecular complexity index is 264. The molecule has 13 heavy (non-hydrogen) atoms. The lowest BCUT2D eigenvalue weighted by Gasteiger charge is -2.13. The summed E-state index contributed by atoms with van der Waals surface area (Å²) in [6, 6.07) is 0. The summed E-state index contributed by atoms with van der Waals surface area (Å²) in [5.41, 5.74) is 0.625. The molecule has 1 rings (SSSR count). The molecule has 1 N–H and O–H groups in total. The molecule has 0 saturated carbocycles. The molecule has 0 radical (unpaired) electrons. The molecule has 1 unspecified atom stereocenters. The van der Waals surface area contributed by atoms with E-state index in [0.29, 0.717) is 17.1 Å². The molecule has 0 bridgehead atoms. The van der Waals surface area contributed by atoms with Crippen LogP contribution in [0.25, 0.3) is 0 Å². The minimum absolute atomic E-state index is 0.536. The number of ether oxygens (including phenoxy) is 2. The van der Waals surface area contributed by atoms with Gasteiger partial charge in [-0.3, -0.25) is 4.98 Å². The summed E-state index contributed by atoms with van der Waals surface area (Å²) in [6.45, 7) is 1.65. The lowest BCUT2D eigenvalue weighted by molar-refractivity contribution is 0.188. The number of pyridine rings is 1. The van der Waals surface area contributed by atoms with Crippen molar-refractivity contribution in [2.45, 2.75) is 13.0 Å². The molecule has 0 saturated heterocycles. The average Bonchev–Trinajstić information content (AvgIpc) is 2.16. The molecule has 1 aromatic heterocycles. The van der Waals surface area contributed by atoms with Crippen molar-refractivity contribution in [3.63, 3.8) is 0 Å². The lowest BCUT2D eigenvalue weighted by atomic mass is 10.1. The molecule has 0 amide bonds. The van der Waals surface area contributed by atoms with E-state index in [1.54, 1.807) is 19.3 Å². The standard InChI is InChI=1S/C9H13NO3/c1-6(11)9-7(12-2)4-10-5-8(9)13-3/h4-6,11H,1-3H3. The Hall–Kier alpha value is -1.29. The monoisotopic (exact) mass is 183 g/mol. The first-order valence-corrected chi connectivity index (χ1v) is 3.94. The fourth-order valence-corrected chi connectivity index (χ4v) is 1.17. The fourth-order valence-electron chi connectivity index (χ4n) is 1.17. The van der Waals surface area contributed by atoms with Gasteiger partial charge in [0.2, 0.25) is 0 Å². The average molecular weight is 183 g/mol. The van der Waals surface area contributed by atoms with Gasteiger partial charge in [0.15, 0.2) is 0 Å². The van der Waals surface area contributed by atoms with Crippen molar-refractivity contribution in [2.75, 3.05) is 14.2 Å². The minimum Gasteiger partial charge on any atom is -0.495 e. The van der Waals surface area contributed by atoms with Gasteiger partial charge in [0.1, 0.15) is 11.5 Å². The van der Waals surface area contributed by atoms with E-state index in [-0.39, 0.29) is 0 Å². The van der Waals surface area contributed by atoms with Gasteiger partial charge in [-0.2, -0.15) is 0 Å². The largest absolute Gasteiger partial charge is 0.495 e. The van der Waals surface area contributed by atoms with Crippen molar-refractivity contribution in [1.29, 1.82) is 0 Å². The first-order chi connectivity index (χ1) is 6.20. The van der Waals surface area contributed by atoms with Crippen molar-refractivity contribution < 1.29 is 14.6 Å². The molecule has 1 heterocycles. The van der Waals surface area contributed by atoms with Crippen LogP contribution in [0.2, 0.25) is 0 Å². The fraction of sp³-hybridized carbons (Fsp3) is 0.444. The summed E-state index contributed by atoms with van der Waals surface area (Å²) in [5.74, 6) is 1.07. The zero-order valence-electron chi connectivity index (χ0n) is 7.94. The third-order valence-electron chi connectivity index (χ3n) is 1.77. The van der Waals surface area contributed by atoms with Gasteiger partial charge in [0.05, 0.1) is 38.3 Å². The van der Waals surface area contributed by atoms with E-state index in [9.17, 15) is 5.11 Å². The highest BCUT2D eigenvalue weighted by Gasteiger charge is 2.14. The van der Waals surface area contributed by atoms with Gasteiger partial charge in [-0.1, -0.05) is 0 Å². The maximum atomic E-state index is 9.46. The maximum Gasteiger partial charge on any atom is 0.146 e. The van der Waals surface area contributed by atoms with E-state index < -0.39 is 6.10 Å². The van der Waals surface area contributed by atoms with E-state index in [0.717, 1.165) is 0 Å². The normalized spacial score (nSPS) is 12.3. The second-order valence-corrected chi connectivity index (χ2v) is 2.63. The van der Waals surface area contributed by atoms with Crippen LogP contribution < -0.4 is 9.47 Å². The smallest absolute Gasteiger partial charge is 0.146 e. The molecule has 0 aromatic carbocycles. The Morgan fingerprint density at radius 3 is 2.00 bits per heavy atom. The second kappa shape index (κ2) is 4.09. The number of aliphatic hydroxyl groups is 1. The molecule has 1 aromatic rings. The molecule has 4 heteroatoms. The summed E-state index contributed by atoms with van der Waals surface area (Å²) in [7, 11) is 3.06. The third-order valence-corrected chi connectivity index (χ3v) is 1.77. The zero-order chi connectivity index (χ0) is 9.84. The Morgan fingerprint density at radius 2 is 1.69 bits per heavy atom. The van der Waals surface area contributed by atoms with Crippen LogP contribution >= 0.6 is 0 Å². The van der Waals surface area contributed by atoms with Crippen LogP contribution in [0.3, 0.4) is 0 Å². The van der Waals surface area contributed by atoms with Crippen molar-refractivity contribution in [2.24, 2.45) is 0 Å². The number of aliphatic hydroxyl groups excluding tert-OH is 1. The number of methoxy groups -OCH3 is 2.